The maximum Gasteiger partial charge on any atom is 0.258 e. The van der Waals surface area contributed by atoms with Gasteiger partial charge in [0.15, 0.2) is 5.78 Å². The number of nitrogens with zero attached hydrogens (tertiary/aromatic N) is 2. The van der Waals surface area contributed by atoms with Crippen molar-refractivity contribution in [1.29, 1.82) is 0 Å². The van der Waals surface area contributed by atoms with Crippen LogP contribution in [0.5, 0.6) is 5.75 Å². The molecule has 0 unspecified atom stereocenters. The molecule has 4 aromatic rings. The minimum atomic E-state index is -0.159. The summed E-state index contributed by atoms with van der Waals surface area (Å²) >= 11 is 5.86. The molecule has 0 aliphatic heterocycles. The summed E-state index contributed by atoms with van der Waals surface area (Å²) in [5.74, 6) is 0.496. The number of ketones is 1. The second-order valence-electron chi connectivity index (χ2n) is 6.16. The molecule has 138 valence electrons. The van der Waals surface area contributed by atoms with Gasteiger partial charge in [0.05, 0.1) is 5.69 Å². The van der Waals surface area contributed by atoms with E-state index >= 15 is 0 Å². The number of pyridine rings is 1. The third-order valence-corrected chi connectivity index (χ3v) is 4.49. The summed E-state index contributed by atoms with van der Waals surface area (Å²) in [6.45, 7) is 0.158. The number of halogens is 1. The molecule has 0 aliphatic carbocycles. The van der Waals surface area contributed by atoms with E-state index in [0.717, 1.165) is 0 Å². The zero-order chi connectivity index (χ0) is 19.5. The van der Waals surface area contributed by atoms with Crippen LogP contribution in [-0.2, 0) is 6.61 Å². The SMILES string of the molecule is O=C(c1ccc(Cl)cc1)c1ccc(OCc2cc(=O)n3ccccc3n2)cc1. The highest BCUT2D eigenvalue weighted by Gasteiger charge is 2.09. The Kier molecular flexibility index (Phi) is 4.91. The first-order valence-electron chi connectivity index (χ1n) is 8.60. The maximum atomic E-state index is 12.5. The molecule has 0 spiro atoms. The van der Waals surface area contributed by atoms with Crippen molar-refractivity contribution in [2.24, 2.45) is 0 Å². The van der Waals surface area contributed by atoms with Gasteiger partial charge in [0, 0.05) is 28.4 Å². The number of aromatic nitrogens is 2. The first-order valence-corrected chi connectivity index (χ1v) is 8.98. The van der Waals surface area contributed by atoms with Gasteiger partial charge in [-0.2, -0.15) is 0 Å². The first-order chi connectivity index (χ1) is 13.6. The van der Waals surface area contributed by atoms with E-state index < -0.39 is 0 Å². The summed E-state index contributed by atoms with van der Waals surface area (Å²) in [4.78, 5) is 29.0. The van der Waals surface area contributed by atoms with Crippen molar-refractivity contribution in [2.45, 2.75) is 6.61 Å². The Bertz CT molecular complexity index is 1200. The third-order valence-electron chi connectivity index (χ3n) is 4.23. The lowest BCUT2D eigenvalue weighted by Gasteiger charge is -2.08. The van der Waals surface area contributed by atoms with Gasteiger partial charge in [-0.25, -0.2) is 4.98 Å². The Balaban J connectivity index is 1.47. The molecule has 4 rings (SSSR count). The fourth-order valence-electron chi connectivity index (χ4n) is 2.80. The lowest BCUT2D eigenvalue weighted by molar-refractivity contribution is 0.103. The van der Waals surface area contributed by atoms with Crippen LogP contribution in [0.15, 0.2) is 83.8 Å². The minimum absolute atomic E-state index is 0.0903. The Labute approximate surface area is 165 Å². The molecule has 0 saturated carbocycles. The summed E-state index contributed by atoms with van der Waals surface area (Å²) in [7, 11) is 0. The Hall–Kier alpha value is -3.44. The van der Waals surface area contributed by atoms with Crippen molar-refractivity contribution in [3.05, 3.63) is 111 Å². The largest absolute Gasteiger partial charge is 0.487 e. The monoisotopic (exact) mass is 390 g/mol. The molecular weight excluding hydrogens is 376 g/mol. The van der Waals surface area contributed by atoms with Crippen molar-refractivity contribution in [3.63, 3.8) is 0 Å². The molecule has 0 fully saturated rings. The van der Waals surface area contributed by atoms with Gasteiger partial charge in [-0.1, -0.05) is 17.7 Å². The average Bonchev–Trinajstić information content (AvgIpc) is 2.73. The average molecular weight is 391 g/mol. The van der Waals surface area contributed by atoms with Crippen LogP contribution in [0.2, 0.25) is 5.02 Å². The van der Waals surface area contributed by atoms with E-state index in [0.29, 0.717) is 33.2 Å². The normalized spacial score (nSPS) is 10.8. The Morgan fingerprint density at radius 1 is 0.964 bits per heavy atom. The predicted molar refractivity (Wildman–Crippen MR) is 107 cm³/mol. The fourth-order valence-corrected chi connectivity index (χ4v) is 2.93. The summed E-state index contributed by atoms with van der Waals surface area (Å²) in [6.07, 6.45) is 1.67. The topological polar surface area (TPSA) is 60.7 Å². The lowest BCUT2D eigenvalue weighted by atomic mass is 10.0. The molecule has 2 aromatic carbocycles. The zero-order valence-electron chi connectivity index (χ0n) is 14.7. The van der Waals surface area contributed by atoms with E-state index in [4.69, 9.17) is 16.3 Å². The van der Waals surface area contributed by atoms with E-state index in [1.807, 2.05) is 6.07 Å². The molecule has 0 amide bonds. The summed E-state index contributed by atoms with van der Waals surface area (Å²) in [5, 5.41) is 0.585. The van der Waals surface area contributed by atoms with Crippen LogP contribution in [0.4, 0.5) is 0 Å². The Morgan fingerprint density at radius 2 is 1.64 bits per heavy atom. The van der Waals surface area contributed by atoms with Crippen LogP contribution in [0.25, 0.3) is 5.65 Å². The zero-order valence-corrected chi connectivity index (χ0v) is 15.5. The highest BCUT2D eigenvalue weighted by molar-refractivity contribution is 6.30. The van der Waals surface area contributed by atoms with Gasteiger partial charge in [0.1, 0.15) is 18.0 Å². The molecule has 0 bridgehead atoms. The smallest absolute Gasteiger partial charge is 0.258 e. The fraction of sp³-hybridized carbons (Fsp3) is 0.0455. The second kappa shape index (κ2) is 7.66. The van der Waals surface area contributed by atoms with Gasteiger partial charge in [0.25, 0.3) is 5.56 Å². The number of rotatable bonds is 5. The van der Waals surface area contributed by atoms with Crippen LogP contribution in [0.3, 0.4) is 0 Å². The molecule has 28 heavy (non-hydrogen) atoms. The van der Waals surface area contributed by atoms with Crippen LogP contribution in [-0.4, -0.2) is 15.2 Å². The van der Waals surface area contributed by atoms with E-state index in [1.165, 1.54) is 10.5 Å². The molecule has 0 atom stereocenters. The van der Waals surface area contributed by atoms with E-state index in [2.05, 4.69) is 4.98 Å². The molecule has 0 aliphatic rings. The van der Waals surface area contributed by atoms with Gasteiger partial charge in [-0.3, -0.25) is 14.0 Å². The summed E-state index contributed by atoms with van der Waals surface area (Å²) < 4.78 is 7.19. The molecule has 2 heterocycles. The van der Waals surface area contributed by atoms with Crippen molar-refractivity contribution in [1.82, 2.24) is 9.38 Å². The van der Waals surface area contributed by atoms with Gasteiger partial charge < -0.3 is 4.74 Å². The number of fused-ring (bicyclic) bond motifs is 1. The summed E-state index contributed by atoms with van der Waals surface area (Å²) in [6, 6.07) is 20.4. The highest BCUT2D eigenvalue weighted by Crippen LogP contribution is 2.18. The van der Waals surface area contributed by atoms with E-state index in [1.54, 1.807) is 66.9 Å². The number of ether oxygens (including phenoxy) is 1. The van der Waals surface area contributed by atoms with Gasteiger partial charge in [-0.15, -0.1) is 0 Å². The third kappa shape index (κ3) is 3.80. The van der Waals surface area contributed by atoms with Crippen LogP contribution in [0.1, 0.15) is 21.6 Å². The van der Waals surface area contributed by atoms with Crippen molar-refractivity contribution in [2.75, 3.05) is 0 Å². The molecule has 5 nitrogen and oxygen atoms in total. The molecule has 0 radical (unpaired) electrons. The van der Waals surface area contributed by atoms with Gasteiger partial charge in [0.2, 0.25) is 0 Å². The van der Waals surface area contributed by atoms with E-state index in [-0.39, 0.29) is 17.9 Å². The maximum absolute atomic E-state index is 12.5. The quantitative estimate of drug-likeness (QED) is 0.480. The van der Waals surface area contributed by atoms with Crippen LogP contribution < -0.4 is 10.3 Å². The number of carbonyl (C=O) groups excluding carboxylic acids is 1. The molecule has 2 aromatic heterocycles. The van der Waals surface area contributed by atoms with Crippen molar-refractivity contribution < 1.29 is 9.53 Å². The van der Waals surface area contributed by atoms with Gasteiger partial charge in [-0.05, 0) is 60.7 Å². The number of hydrogen-bond acceptors (Lipinski definition) is 4. The van der Waals surface area contributed by atoms with Crippen LogP contribution in [0, 0.1) is 0 Å². The molecular formula is C22H15ClN2O3. The number of benzene rings is 2. The lowest BCUT2D eigenvalue weighted by Crippen LogP contribution is -2.16. The Morgan fingerprint density at radius 3 is 2.36 bits per heavy atom. The summed E-state index contributed by atoms with van der Waals surface area (Å²) in [5.41, 5.74) is 2.07. The van der Waals surface area contributed by atoms with E-state index in [9.17, 15) is 9.59 Å². The standard InChI is InChI=1S/C22H15ClN2O3/c23-17-8-4-15(5-9-17)22(27)16-6-10-19(11-7-16)28-14-18-13-21(26)25-12-2-1-3-20(25)24-18/h1-13H,14H2. The molecule has 0 saturated heterocycles. The molecule has 6 heteroatoms. The number of carbonyl (C=O) groups is 1. The van der Waals surface area contributed by atoms with Crippen molar-refractivity contribution in [3.8, 4) is 5.75 Å². The molecule has 0 N–H and O–H groups in total. The van der Waals surface area contributed by atoms with Crippen molar-refractivity contribution >= 4 is 23.0 Å². The first kappa shape index (κ1) is 17.9. The van der Waals surface area contributed by atoms with Crippen LogP contribution >= 0.6 is 11.6 Å². The predicted octanol–water partition coefficient (Wildman–Crippen LogP) is 4.16. The second-order valence-corrected chi connectivity index (χ2v) is 6.60. The number of hydrogen-bond donors (Lipinski definition) is 0. The minimum Gasteiger partial charge on any atom is -0.487 e. The van der Waals surface area contributed by atoms with Gasteiger partial charge >= 0.3 is 0 Å². The highest BCUT2D eigenvalue weighted by atomic mass is 35.5.